The van der Waals surface area contributed by atoms with Gasteiger partial charge in [-0.15, -0.1) is 10.2 Å². The van der Waals surface area contributed by atoms with Crippen LogP contribution in [0.15, 0.2) is 58.0 Å². The lowest BCUT2D eigenvalue weighted by Crippen LogP contribution is -2.14. The predicted octanol–water partition coefficient (Wildman–Crippen LogP) is 4.38. The first-order chi connectivity index (χ1) is 16.2. The molecule has 0 aliphatic rings. The Morgan fingerprint density at radius 1 is 1.00 bits per heavy atom. The van der Waals surface area contributed by atoms with Crippen LogP contribution in [0, 0.1) is 13.8 Å². The molecule has 4 rings (SSSR count). The Balaban J connectivity index is 1.67. The number of aromatic nitrogens is 4. The number of nitrogens with zero attached hydrogens (tertiary/aromatic N) is 4. The molecule has 0 radical (unpaired) electrons. The van der Waals surface area contributed by atoms with Crippen LogP contribution in [0.3, 0.4) is 0 Å². The number of nitrogens with one attached hydrogen (secondary N) is 1. The number of rotatable bonds is 7. The van der Waals surface area contributed by atoms with Gasteiger partial charge in [-0.1, -0.05) is 18.2 Å². The van der Waals surface area contributed by atoms with Crippen molar-refractivity contribution in [2.45, 2.75) is 44.4 Å². The average molecular weight is 478 g/mol. The summed E-state index contributed by atoms with van der Waals surface area (Å²) in [5.74, 6) is 0.676. The van der Waals surface area contributed by atoms with Crippen LogP contribution in [0.4, 0.5) is 0 Å². The SMILES string of the molecule is CNCc1ccc(-c2nnc(-c3nc(-c4ccc(S(=O)(=O)C(C)C)cc4C)cnc3C)o2)cc1. The summed E-state index contributed by atoms with van der Waals surface area (Å²) in [5.41, 5.74) is 5.29. The van der Waals surface area contributed by atoms with E-state index in [-0.39, 0.29) is 5.89 Å². The maximum absolute atomic E-state index is 12.5. The summed E-state index contributed by atoms with van der Waals surface area (Å²) >= 11 is 0. The van der Waals surface area contributed by atoms with E-state index in [2.05, 4.69) is 20.5 Å². The van der Waals surface area contributed by atoms with Crippen molar-refractivity contribution in [3.63, 3.8) is 0 Å². The van der Waals surface area contributed by atoms with Crippen LogP contribution in [0.2, 0.25) is 0 Å². The molecule has 0 saturated carbocycles. The zero-order valence-electron chi connectivity index (χ0n) is 19.8. The van der Waals surface area contributed by atoms with Gasteiger partial charge < -0.3 is 9.73 Å². The van der Waals surface area contributed by atoms with Crippen molar-refractivity contribution >= 4 is 9.84 Å². The van der Waals surface area contributed by atoms with Gasteiger partial charge in [-0.05, 0) is 70.1 Å². The predicted molar refractivity (Wildman–Crippen MR) is 131 cm³/mol. The molecule has 34 heavy (non-hydrogen) atoms. The highest BCUT2D eigenvalue weighted by atomic mass is 32.2. The van der Waals surface area contributed by atoms with Crippen molar-refractivity contribution in [2.24, 2.45) is 0 Å². The molecule has 0 aliphatic heterocycles. The number of hydrogen-bond donors (Lipinski definition) is 1. The van der Waals surface area contributed by atoms with Crippen LogP contribution in [0.25, 0.3) is 34.3 Å². The topological polar surface area (TPSA) is 111 Å². The Kier molecular flexibility index (Phi) is 6.58. The first-order valence-corrected chi connectivity index (χ1v) is 12.5. The fourth-order valence-electron chi connectivity index (χ4n) is 3.56. The van der Waals surface area contributed by atoms with Crippen LogP contribution in [-0.2, 0) is 16.4 Å². The lowest BCUT2D eigenvalue weighted by atomic mass is 10.1. The summed E-state index contributed by atoms with van der Waals surface area (Å²) in [5, 5.41) is 11.0. The molecule has 0 fully saturated rings. The molecule has 2 aromatic heterocycles. The van der Waals surface area contributed by atoms with Crippen molar-refractivity contribution in [3.05, 3.63) is 65.5 Å². The van der Waals surface area contributed by atoms with Crippen LogP contribution < -0.4 is 5.32 Å². The summed E-state index contributed by atoms with van der Waals surface area (Å²) in [7, 11) is -1.46. The van der Waals surface area contributed by atoms with Gasteiger partial charge >= 0.3 is 0 Å². The molecule has 176 valence electrons. The van der Waals surface area contributed by atoms with E-state index in [4.69, 9.17) is 9.40 Å². The van der Waals surface area contributed by atoms with Gasteiger partial charge in [0.15, 0.2) is 9.84 Å². The summed E-state index contributed by atoms with van der Waals surface area (Å²) in [6, 6.07) is 12.9. The third kappa shape index (κ3) is 4.62. The molecule has 0 atom stereocenters. The minimum Gasteiger partial charge on any atom is -0.415 e. The highest BCUT2D eigenvalue weighted by Crippen LogP contribution is 2.29. The van der Waals surface area contributed by atoms with Gasteiger partial charge in [0.1, 0.15) is 5.69 Å². The molecular weight excluding hydrogens is 450 g/mol. The molecule has 0 saturated heterocycles. The molecule has 9 heteroatoms. The first kappa shape index (κ1) is 23.7. The van der Waals surface area contributed by atoms with Crippen molar-refractivity contribution in [1.29, 1.82) is 0 Å². The van der Waals surface area contributed by atoms with E-state index in [0.29, 0.717) is 27.9 Å². The van der Waals surface area contributed by atoms with Crippen molar-refractivity contribution in [1.82, 2.24) is 25.5 Å². The van der Waals surface area contributed by atoms with Gasteiger partial charge in [-0.25, -0.2) is 13.4 Å². The Morgan fingerprint density at radius 2 is 1.71 bits per heavy atom. The minimum absolute atomic E-state index is 0.276. The van der Waals surface area contributed by atoms with Gasteiger partial charge in [-0.3, -0.25) is 4.98 Å². The van der Waals surface area contributed by atoms with Crippen molar-refractivity contribution < 1.29 is 12.8 Å². The molecule has 1 N–H and O–H groups in total. The molecule has 2 aromatic carbocycles. The Bertz CT molecular complexity index is 1430. The Labute approximate surface area is 199 Å². The summed E-state index contributed by atoms with van der Waals surface area (Å²) in [6.45, 7) is 7.81. The van der Waals surface area contributed by atoms with Gasteiger partial charge in [-0.2, -0.15) is 0 Å². The highest BCUT2D eigenvalue weighted by molar-refractivity contribution is 7.92. The molecule has 8 nitrogen and oxygen atoms in total. The zero-order valence-corrected chi connectivity index (χ0v) is 20.6. The monoisotopic (exact) mass is 477 g/mol. The van der Waals surface area contributed by atoms with Gasteiger partial charge in [0.2, 0.25) is 5.89 Å². The van der Waals surface area contributed by atoms with Crippen LogP contribution in [0.5, 0.6) is 0 Å². The van der Waals surface area contributed by atoms with Gasteiger partial charge in [0.25, 0.3) is 5.89 Å². The van der Waals surface area contributed by atoms with Crippen LogP contribution in [0.1, 0.15) is 30.7 Å². The molecule has 0 spiro atoms. The Hall–Kier alpha value is -3.43. The summed E-state index contributed by atoms with van der Waals surface area (Å²) < 4.78 is 31.0. The second-order valence-corrected chi connectivity index (χ2v) is 10.9. The summed E-state index contributed by atoms with van der Waals surface area (Å²) in [4.78, 5) is 9.50. The number of sulfone groups is 1. The standard InChI is InChI=1S/C25H27N5O3S/c1-15(2)34(31,32)20-10-11-21(16(3)12-20)22-14-27-17(4)23(28-22)25-30-29-24(33-25)19-8-6-18(7-9-19)13-26-5/h6-12,14-15,26H,13H2,1-5H3. The molecule has 2 heterocycles. The minimum atomic E-state index is -3.36. The second kappa shape index (κ2) is 9.44. The van der Waals surface area contributed by atoms with Crippen LogP contribution >= 0.6 is 0 Å². The molecule has 0 aliphatic carbocycles. The van der Waals surface area contributed by atoms with E-state index >= 15 is 0 Å². The van der Waals surface area contributed by atoms with E-state index in [1.807, 2.05) is 45.2 Å². The lowest BCUT2D eigenvalue weighted by molar-refractivity contribution is 0.581. The van der Waals surface area contributed by atoms with Gasteiger partial charge in [0, 0.05) is 17.7 Å². The van der Waals surface area contributed by atoms with Gasteiger partial charge in [0.05, 0.1) is 27.7 Å². The number of aryl methyl sites for hydroxylation is 2. The number of benzene rings is 2. The molecule has 0 amide bonds. The maximum Gasteiger partial charge on any atom is 0.268 e. The highest BCUT2D eigenvalue weighted by Gasteiger charge is 2.21. The zero-order chi connectivity index (χ0) is 24.5. The quantitative estimate of drug-likeness (QED) is 0.417. The normalized spacial score (nSPS) is 11.8. The molecule has 4 aromatic rings. The summed E-state index contributed by atoms with van der Waals surface area (Å²) in [6.07, 6.45) is 1.66. The molecule has 0 unspecified atom stereocenters. The fourth-order valence-corrected chi connectivity index (χ4v) is 4.70. The van der Waals surface area contributed by atoms with E-state index < -0.39 is 15.1 Å². The maximum atomic E-state index is 12.5. The average Bonchev–Trinajstić information content (AvgIpc) is 3.30. The fraction of sp³-hybridized carbons (Fsp3) is 0.280. The molecule has 0 bridgehead atoms. The van der Waals surface area contributed by atoms with E-state index in [0.717, 1.165) is 28.8 Å². The second-order valence-electron chi connectivity index (χ2n) is 8.40. The van der Waals surface area contributed by atoms with Crippen molar-refractivity contribution in [3.8, 4) is 34.3 Å². The van der Waals surface area contributed by atoms with E-state index in [9.17, 15) is 8.42 Å². The smallest absolute Gasteiger partial charge is 0.268 e. The third-order valence-corrected chi connectivity index (χ3v) is 7.74. The van der Waals surface area contributed by atoms with E-state index in [1.54, 1.807) is 38.2 Å². The van der Waals surface area contributed by atoms with Crippen LogP contribution in [-0.4, -0.2) is 40.9 Å². The first-order valence-electron chi connectivity index (χ1n) is 11.0. The molecular formula is C25H27N5O3S. The van der Waals surface area contributed by atoms with Crippen molar-refractivity contribution in [2.75, 3.05) is 7.05 Å². The van der Waals surface area contributed by atoms with E-state index in [1.165, 1.54) is 0 Å². The third-order valence-electron chi connectivity index (χ3n) is 5.59. The largest absolute Gasteiger partial charge is 0.415 e. The Morgan fingerprint density at radius 3 is 2.35 bits per heavy atom. The lowest BCUT2D eigenvalue weighted by Gasteiger charge is -2.12. The number of hydrogen-bond acceptors (Lipinski definition) is 8.